The first kappa shape index (κ1) is 17.5. The molecule has 0 heterocycles. The summed E-state index contributed by atoms with van der Waals surface area (Å²) in [6.07, 6.45) is 0.269. The highest BCUT2D eigenvalue weighted by Gasteiger charge is 2.10. The fourth-order valence-corrected chi connectivity index (χ4v) is 2.42. The van der Waals surface area contributed by atoms with E-state index in [2.05, 4.69) is 40.3 Å². The van der Waals surface area contributed by atoms with Crippen LogP contribution in [0.4, 0.5) is 8.78 Å². The summed E-state index contributed by atoms with van der Waals surface area (Å²) in [4.78, 5) is 0. The normalized spacial score (nSPS) is 12.8. The number of hydrogen-bond donors (Lipinski definition) is 1. The quantitative estimate of drug-likeness (QED) is 0.644. The minimum atomic E-state index is -2.39. The Kier molecular flexibility index (Phi) is 8.98. The van der Waals surface area contributed by atoms with Gasteiger partial charge in [0.15, 0.2) is 0 Å². The van der Waals surface area contributed by atoms with E-state index < -0.39 is 13.0 Å². The molecule has 20 heavy (non-hydrogen) atoms. The molecule has 0 fully saturated rings. The van der Waals surface area contributed by atoms with Crippen LogP contribution >= 0.6 is 15.9 Å². The molecule has 0 amide bonds. The lowest BCUT2D eigenvalue weighted by Crippen LogP contribution is -2.33. The van der Waals surface area contributed by atoms with Gasteiger partial charge in [-0.3, -0.25) is 0 Å². The van der Waals surface area contributed by atoms with Crippen molar-refractivity contribution >= 4 is 15.9 Å². The molecule has 0 bridgehead atoms. The van der Waals surface area contributed by atoms with E-state index in [9.17, 15) is 8.78 Å². The van der Waals surface area contributed by atoms with E-state index in [4.69, 9.17) is 4.74 Å². The van der Waals surface area contributed by atoms with Crippen molar-refractivity contribution in [3.8, 4) is 0 Å². The molecule has 1 N–H and O–H groups in total. The second-order valence-electron chi connectivity index (χ2n) is 4.74. The molecule has 1 aromatic carbocycles. The first-order chi connectivity index (χ1) is 9.61. The van der Waals surface area contributed by atoms with Crippen molar-refractivity contribution < 1.29 is 13.5 Å². The molecule has 0 aliphatic heterocycles. The van der Waals surface area contributed by atoms with E-state index in [0.29, 0.717) is 6.61 Å². The van der Waals surface area contributed by atoms with E-state index in [1.54, 1.807) is 0 Å². The summed E-state index contributed by atoms with van der Waals surface area (Å²) in [5, 5.41) is 3.44. The molecule has 1 unspecified atom stereocenters. The molecular formula is C15H22BrF2NO. The molecule has 0 aliphatic carbocycles. The lowest BCUT2D eigenvalue weighted by Gasteiger charge is -2.19. The number of rotatable bonds is 10. The van der Waals surface area contributed by atoms with Gasteiger partial charge in [0.25, 0.3) is 6.43 Å². The van der Waals surface area contributed by atoms with Gasteiger partial charge in [-0.15, -0.1) is 0 Å². The lowest BCUT2D eigenvalue weighted by molar-refractivity contribution is 0.0144. The fourth-order valence-electron chi connectivity index (χ4n) is 1.97. The Bertz CT molecular complexity index is 377. The molecular weight excluding hydrogens is 328 g/mol. The van der Waals surface area contributed by atoms with Gasteiger partial charge >= 0.3 is 0 Å². The molecule has 114 valence electrons. The zero-order valence-electron chi connectivity index (χ0n) is 11.7. The van der Waals surface area contributed by atoms with Gasteiger partial charge in [-0.05, 0) is 43.5 Å². The summed E-state index contributed by atoms with van der Waals surface area (Å²) in [5.41, 5.74) is 1.22. The molecule has 1 atom stereocenters. The Morgan fingerprint density at radius 3 is 2.80 bits per heavy atom. The largest absolute Gasteiger partial charge is 0.375 e. The zero-order chi connectivity index (χ0) is 14.8. The Hall–Kier alpha value is -0.520. The van der Waals surface area contributed by atoms with E-state index in [-0.39, 0.29) is 6.04 Å². The van der Waals surface area contributed by atoms with Gasteiger partial charge in [0.2, 0.25) is 0 Å². The molecule has 1 rings (SSSR count). The summed E-state index contributed by atoms with van der Waals surface area (Å²) in [5.74, 6) is 0. The van der Waals surface area contributed by atoms with Crippen LogP contribution in [0.3, 0.4) is 0 Å². The Morgan fingerprint density at radius 2 is 2.15 bits per heavy atom. The van der Waals surface area contributed by atoms with E-state index in [1.807, 2.05) is 12.1 Å². The molecule has 0 saturated carbocycles. The van der Waals surface area contributed by atoms with Crippen LogP contribution in [0.1, 0.15) is 25.3 Å². The number of ether oxygens (including phenoxy) is 1. The summed E-state index contributed by atoms with van der Waals surface area (Å²) in [6, 6.07) is 8.40. The highest BCUT2D eigenvalue weighted by atomic mass is 79.9. The van der Waals surface area contributed by atoms with Crippen LogP contribution in [0.2, 0.25) is 0 Å². The first-order valence-corrected chi connectivity index (χ1v) is 7.74. The lowest BCUT2D eigenvalue weighted by atomic mass is 10.0. The fraction of sp³-hybridized carbons (Fsp3) is 0.600. The highest BCUT2D eigenvalue weighted by molar-refractivity contribution is 9.10. The van der Waals surface area contributed by atoms with Crippen molar-refractivity contribution in [3.05, 3.63) is 34.3 Å². The van der Waals surface area contributed by atoms with Gasteiger partial charge in [-0.1, -0.05) is 35.0 Å². The molecule has 0 radical (unpaired) electrons. The smallest absolute Gasteiger partial charge is 0.261 e. The van der Waals surface area contributed by atoms with Crippen molar-refractivity contribution in [1.29, 1.82) is 0 Å². The second kappa shape index (κ2) is 10.2. The van der Waals surface area contributed by atoms with Crippen molar-refractivity contribution in [3.63, 3.8) is 0 Å². The van der Waals surface area contributed by atoms with Crippen LogP contribution in [-0.2, 0) is 11.2 Å². The van der Waals surface area contributed by atoms with Crippen molar-refractivity contribution in [1.82, 2.24) is 5.32 Å². The molecule has 1 aromatic rings. The van der Waals surface area contributed by atoms with Crippen LogP contribution in [0, 0.1) is 0 Å². The van der Waals surface area contributed by atoms with Gasteiger partial charge < -0.3 is 10.1 Å². The number of alkyl halides is 2. The maximum absolute atomic E-state index is 12.0. The average Bonchev–Trinajstić information content (AvgIpc) is 2.40. The third-order valence-corrected chi connectivity index (χ3v) is 3.40. The van der Waals surface area contributed by atoms with Crippen molar-refractivity contribution in [2.75, 3.05) is 19.8 Å². The maximum Gasteiger partial charge on any atom is 0.261 e. The average molecular weight is 350 g/mol. The predicted molar refractivity (Wildman–Crippen MR) is 81.4 cm³/mol. The van der Waals surface area contributed by atoms with E-state index in [1.165, 1.54) is 5.56 Å². The summed E-state index contributed by atoms with van der Waals surface area (Å²) >= 11 is 3.46. The number of benzene rings is 1. The topological polar surface area (TPSA) is 21.3 Å². The number of halogens is 3. The van der Waals surface area contributed by atoms with Crippen LogP contribution in [-0.4, -0.2) is 32.2 Å². The van der Waals surface area contributed by atoms with Crippen LogP contribution < -0.4 is 5.32 Å². The van der Waals surface area contributed by atoms with Gasteiger partial charge in [-0.25, -0.2) is 8.78 Å². The van der Waals surface area contributed by atoms with Crippen LogP contribution in [0.5, 0.6) is 0 Å². The van der Waals surface area contributed by atoms with Crippen LogP contribution in [0.15, 0.2) is 28.7 Å². The first-order valence-electron chi connectivity index (χ1n) is 6.95. The Balaban J connectivity index is 2.42. The predicted octanol–water partition coefficient (Wildman–Crippen LogP) is 4.03. The molecule has 0 saturated heterocycles. The summed E-state index contributed by atoms with van der Waals surface area (Å²) < 4.78 is 30.0. The highest BCUT2D eigenvalue weighted by Crippen LogP contribution is 2.14. The van der Waals surface area contributed by atoms with E-state index in [0.717, 1.165) is 30.3 Å². The minimum Gasteiger partial charge on any atom is -0.375 e. The number of nitrogens with one attached hydrogen (secondary N) is 1. The Morgan fingerprint density at radius 1 is 1.35 bits per heavy atom. The molecule has 0 aromatic heterocycles. The summed E-state index contributed by atoms with van der Waals surface area (Å²) in [6.45, 7) is 2.92. The molecule has 2 nitrogen and oxygen atoms in total. The van der Waals surface area contributed by atoms with Gasteiger partial charge in [0.05, 0.1) is 0 Å². The molecule has 5 heteroatoms. The third kappa shape index (κ3) is 7.92. The minimum absolute atomic E-state index is 0.252. The Labute approximate surface area is 128 Å². The number of hydrogen-bond acceptors (Lipinski definition) is 2. The van der Waals surface area contributed by atoms with Gasteiger partial charge in [0.1, 0.15) is 6.61 Å². The molecule has 0 spiro atoms. The summed E-state index contributed by atoms with van der Waals surface area (Å²) in [7, 11) is 0. The van der Waals surface area contributed by atoms with Gasteiger partial charge in [0, 0.05) is 17.1 Å². The maximum atomic E-state index is 12.0. The monoisotopic (exact) mass is 349 g/mol. The second-order valence-corrected chi connectivity index (χ2v) is 5.66. The zero-order valence-corrected chi connectivity index (χ0v) is 13.3. The molecule has 0 aliphatic rings. The van der Waals surface area contributed by atoms with Crippen LogP contribution in [0.25, 0.3) is 0 Å². The van der Waals surface area contributed by atoms with Crippen molar-refractivity contribution in [2.24, 2.45) is 0 Å². The SMILES string of the molecule is CCCNC(CCOCC(F)F)Cc1cccc(Br)c1. The van der Waals surface area contributed by atoms with Crippen molar-refractivity contribution in [2.45, 2.75) is 38.7 Å². The standard InChI is InChI=1S/C15H22BrF2NO/c1-2-7-19-14(6-8-20-11-15(17)18)10-12-4-3-5-13(16)9-12/h3-5,9,14-15,19H,2,6-8,10-11H2,1H3. The van der Waals surface area contributed by atoms with E-state index >= 15 is 0 Å². The van der Waals surface area contributed by atoms with Gasteiger partial charge in [-0.2, -0.15) is 0 Å². The third-order valence-electron chi connectivity index (χ3n) is 2.91.